The van der Waals surface area contributed by atoms with Crippen LogP contribution in [0.1, 0.15) is 402 Å². The van der Waals surface area contributed by atoms with Crippen LogP contribution in [0.25, 0.3) is 0 Å². The van der Waals surface area contributed by atoms with E-state index in [1.165, 1.54) is 362 Å². The Morgan fingerprint density at radius 3 is 1.00 bits per heavy atom. The highest BCUT2D eigenvalue weighted by Gasteiger charge is 2.54. The number of likely N-dealkylation sites (tertiary alicyclic amines) is 8. The Balaban J connectivity index is 0.000000117. The molecule has 820 valence electrons. The lowest BCUT2D eigenvalue weighted by atomic mass is 9.63. The SMILES string of the molecule is CC(C)c1ccc(CC2CC3CN(C)CC3C2)cc1.CC(C)c1ccc(CN2CC3(CCC3)C2)cc1.CC(C)c1ccc(CN2CCC3(CCC3)CC2)cc1.CC(C)c1ccc(CN2CCC3(CCO3)CC2)cc1.CC(C)c1ccc(CN2CCC3CN(C)CC32)cc1.CC(C)c1ccc(CN2CCCC3(CCC3)C2)cc1.CC(C)c1ccc(CN2CCN3CCCCC3C2)cc1.CCC1C2CN(Cc3ccc(C(C)C)cc3)CC12. The second-order valence-electron chi connectivity index (χ2n) is 54.1. The van der Waals surface area contributed by atoms with Crippen molar-refractivity contribution in [1.82, 2.24) is 49.0 Å². The van der Waals surface area contributed by atoms with Gasteiger partial charge in [0.05, 0.1) is 12.2 Å². The fraction of sp³-hybridized carbons (Fsp3) is 0.655. The lowest BCUT2D eigenvalue weighted by molar-refractivity contribution is -0.173. The van der Waals surface area contributed by atoms with Crippen LogP contribution in [-0.2, 0) is 57.0 Å². The summed E-state index contributed by atoms with van der Waals surface area (Å²) in [5.74, 6) is 12.1. The predicted molar refractivity (Wildman–Crippen MR) is 636 cm³/mol. The number of benzene rings is 8. The summed E-state index contributed by atoms with van der Waals surface area (Å²) in [4.78, 5) is 26.2. The van der Waals surface area contributed by atoms with E-state index in [0.29, 0.717) is 47.3 Å². The maximum absolute atomic E-state index is 5.77. The van der Waals surface area contributed by atoms with Gasteiger partial charge in [-0.15, -0.1) is 0 Å². The number of nitrogens with zero attached hydrogens (tertiary/aromatic N) is 10. The molecule has 11 heterocycles. The minimum absolute atomic E-state index is 0.276. The molecule has 7 unspecified atom stereocenters. The third kappa shape index (κ3) is 31.7. The highest BCUT2D eigenvalue weighted by Crippen LogP contribution is 2.55. The van der Waals surface area contributed by atoms with Crippen molar-refractivity contribution >= 4 is 0 Å². The van der Waals surface area contributed by atoms with Crippen LogP contribution in [0.4, 0.5) is 0 Å². The Labute approximate surface area is 916 Å². The van der Waals surface area contributed by atoms with Crippen molar-refractivity contribution in [2.45, 2.75) is 383 Å². The van der Waals surface area contributed by atoms with Gasteiger partial charge >= 0.3 is 0 Å². The molecule has 16 aliphatic rings. The summed E-state index contributed by atoms with van der Waals surface area (Å²) in [7, 11) is 4.53. The average molecular weight is 2040 g/mol. The van der Waals surface area contributed by atoms with Crippen molar-refractivity contribution in [3.63, 3.8) is 0 Å². The second kappa shape index (κ2) is 53.6. The van der Waals surface area contributed by atoms with Crippen LogP contribution in [0.2, 0.25) is 0 Å². The smallest absolute Gasteiger partial charge is 0.0728 e. The second-order valence-corrected chi connectivity index (χ2v) is 54.1. The number of likely N-dealkylation sites (N-methyl/N-ethyl adjacent to an activating group) is 1. The van der Waals surface area contributed by atoms with Crippen molar-refractivity contribution in [2.24, 2.45) is 57.7 Å². The quantitative estimate of drug-likeness (QED) is 0.0550. The molecule has 11 heteroatoms. The van der Waals surface area contributed by atoms with Gasteiger partial charge < -0.3 is 14.5 Å². The van der Waals surface area contributed by atoms with E-state index in [4.69, 9.17) is 4.74 Å². The van der Waals surface area contributed by atoms with Gasteiger partial charge in [-0.3, -0.25) is 39.2 Å². The molecule has 8 aromatic rings. The Morgan fingerprint density at radius 1 is 0.273 bits per heavy atom. The van der Waals surface area contributed by atoms with Gasteiger partial charge in [0.2, 0.25) is 0 Å². The standard InChI is InChI=1S/C18H28N2.3C18H27N.C17H26N2.C17H25NO.C17H25N.C16H23N/c1-15(2)17-8-6-16(7-9-17)13-19-11-12-20-10-4-3-5-18(20)14-19;1-15(2)17-7-5-16(6-8-17)13-19-12-4-11-18(14-19)9-3-10-18;1-13(2)16-6-4-14(5-7-16)8-15-9-17-11-19(3)12-18(17)10-15;1-15(2)17-6-4-16(5-7-17)14-19-12-10-18(11-13-19)8-3-9-18;1-13(2)15-6-4-14(5-7-15)10-19-9-8-16-11-18(3)12-17(16)19;1-14(2)16-5-3-15(4-6-16)13-18-10-7-17(8-11-18)9-12-19-17;1-4-15-16-10-18(11-17(15)16)9-13-5-7-14(8-6-13)12(2)3;1-13(2)15-6-4-14(5-7-15)10-17-11-16(12-17)8-3-9-16/h6-9,15,18H,3-5,10-14H2,1-2H3;5-8,15H,3-4,9-14H2,1-2H3;4-7,13,15,17-18H,8-12H2,1-3H3;4-7,15H,3,8-14H2,1-2H3;4-7,13,16-17H,8-12H2,1-3H3;3-6,14H,7-13H2,1-2H3;5-8,12,15-17H,4,9-11H2,1-3H3;4-7,13H,3,8-12H2,1-2H3. The molecule has 0 aromatic heterocycles. The van der Waals surface area contributed by atoms with Crippen molar-refractivity contribution in [3.8, 4) is 0 Å². The first-order chi connectivity index (χ1) is 72.3. The molecule has 11 aliphatic heterocycles. The number of ether oxygens (including phenoxy) is 1. The molecule has 5 aliphatic carbocycles. The fourth-order valence-corrected chi connectivity index (χ4v) is 29.1. The van der Waals surface area contributed by atoms with Crippen LogP contribution in [0.5, 0.6) is 0 Å². The Kier molecular flexibility index (Phi) is 40.9. The molecular weight excluding hydrogens is 1830 g/mol. The van der Waals surface area contributed by atoms with Crippen LogP contribution in [0.3, 0.4) is 0 Å². The molecular formula is C139H208N10O. The van der Waals surface area contributed by atoms with E-state index in [0.717, 1.165) is 122 Å². The normalized spacial score (nSPS) is 25.7. The largest absolute Gasteiger partial charge is 0.375 e. The van der Waals surface area contributed by atoms with Gasteiger partial charge in [-0.25, -0.2) is 0 Å². The number of piperidine rings is 5. The van der Waals surface area contributed by atoms with E-state index in [9.17, 15) is 0 Å². The first-order valence-electron chi connectivity index (χ1n) is 61.9. The first-order valence-corrected chi connectivity index (χ1v) is 61.9. The molecule has 4 spiro atoms. The molecule has 0 bridgehead atoms. The number of hydrogen-bond donors (Lipinski definition) is 0. The van der Waals surface area contributed by atoms with E-state index < -0.39 is 0 Å². The Morgan fingerprint density at radius 2 is 0.620 bits per heavy atom. The van der Waals surface area contributed by atoms with Gasteiger partial charge in [-0.1, -0.05) is 344 Å². The zero-order valence-corrected chi connectivity index (χ0v) is 98.2. The highest BCUT2D eigenvalue weighted by atomic mass is 16.5. The molecule has 0 N–H and O–H groups in total. The maximum Gasteiger partial charge on any atom is 0.0728 e. The molecule has 0 amide bonds. The van der Waals surface area contributed by atoms with Crippen molar-refractivity contribution in [3.05, 3.63) is 283 Å². The number of fused-ring (bicyclic) bond motifs is 4. The molecule has 150 heavy (non-hydrogen) atoms. The molecule has 16 fully saturated rings. The summed E-state index contributed by atoms with van der Waals surface area (Å²) in [5.41, 5.74) is 26.0. The third-order valence-corrected chi connectivity index (χ3v) is 40.0. The summed E-state index contributed by atoms with van der Waals surface area (Å²) in [6.07, 6.45) is 34.1. The van der Waals surface area contributed by atoms with Gasteiger partial charge in [0.25, 0.3) is 0 Å². The lowest BCUT2D eigenvalue weighted by Crippen LogP contribution is -2.58. The van der Waals surface area contributed by atoms with Crippen LogP contribution < -0.4 is 0 Å². The first kappa shape index (κ1) is 114. The number of hydrogen-bond acceptors (Lipinski definition) is 11. The van der Waals surface area contributed by atoms with E-state index >= 15 is 0 Å². The van der Waals surface area contributed by atoms with E-state index in [1.54, 1.807) is 5.56 Å². The zero-order chi connectivity index (χ0) is 105. The fourth-order valence-electron chi connectivity index (χ4n) is 29.1. The Hall–Kier alpha value is -6.68. The van der Waals surface area contributed by atoms with Gasteiger partial charge in [-0.2, -0.15) is 0 Å². The van der Waals surface area contributed by atoms with Crippen molar-refractivity contribution in [1.29, 1.82) is 0 Å². The summed E-state index contributed by atoms with van der Waals surface area (Å²) < 4.78 is 5.77. The maximum atomic E-state index is 5.77. The average Bonchev–Trinajstić information content (AvgIpc) is 1.53. The summed E-state index contributed by atoms with van der Waals surface area (Å²) in [6, 6.07) is 75.6. The van der Waals surface area contributed by atoms with E-state index in [-0.39, 0.29) is 5.60 Å². The van der Waals surface area contributed by atoms with Crippen LogP contribution >= 0.6 is 0 Å². The van der Waals surface area contributed by atoms with Gasteiger partial charge in [0.15, 0.2) is 0 Å². The Bertz CT molecular complexity index is 5160. The van der Waals surface area contributed by atoms with Crippen LogP contribution in [0.15, 0.2) is 194 Å². The third-order valence-electron chi connectivity index (χ3n) is 40.0. The van der Waals surface area contributed by atoms with E-state index in [1.807, 2.05) is 0 Å². The topological polar surface area (TPSA) is 41.6 Å². The van der Waals surface area contributed by atoms with Crippen molar-refractivity contribution in [2.75, 3.05) is 145 Å². The predicted octanol–water partition coefficient (Wildman–Crippen LogP) is 30.8. The summed E-state index contributed by atoms with van der Waals surface area (Å²) in [5, 5.41) is 0. The zero-order valence-electron chi connectivity index (χ0n) is 98.2. The van der Waals surface area contributed by atoms with Gasteiger partial charge in [0.1, 0.15) is 0 Å². The van der Waals surface area contributed by atoms with Crippen molar-refractivity contribution < 1.29 is 4.74 Å². The van der Waals surface area contributed by atoms with Gasteiger partial charge in [-0.05, 0) is 363 Å². The highest BCUT2D eigenvalue weighted by molar-refractivity contribution is 5.33. The molecule has 7 atom stereocenters. The van der Waals surface area contributed by atoms with E-state index in [2.05, 4.69) is 375 Å². The van der Waals surface area contributed by atoms with Gasteiger partial charge in [0, 0.05) is 150 Å². The monoisotopic (exact) mass is 2030 g/mol. The minimum Gasteiger partial charge on any atom is -0.375 e. The molecule has 11 saturated heterocycles. The molecule has 24 rings (SSSR count). The molecule has 8 aromatic carbocycles. The summed E-state index contributed by atoms with van der Waals surface area (Å²) >= 11 is 0. The van der Waals surface area contributed by atoms with Crippen LogP contribution in [0, 0.1) is 57.7 Å². The minimum atomic E-state index is 0.276. The molecule has 0 radical (unpaired) electrons. The number of rotatable bonds is 25. The number of piperazine rings is 1. The van der Waals surface area contributed by atoms with Crippen LogP contribution in [-0.4, -0.2) is 212 Å². The molecule has 11 nitrogen and oxygen atoms in total. The summed E-state index contributed by atoms with van der Waals surface area (Å²) in [6.45, 7) is 72.1. The molecule has 5 saturated carbocycles. The lowest BCUT2D eigenvalue weighted by Gasteiger charge is -2.56.